The summed E-state index contributed by atoms with van der Waals surface area (Å²) in [6.45, 7) is 6.97. The molecule has 1 heterocycles. The van der Waals surface area contributed by atoms with Gasteiger partial charge in [-0.15, -0.1) is 5.10 Å². The van der Waals surface area contributed by atoms with Gasteiger partial charge in [0.1, 0.15) is 0 Å². The minimum atomic E-state index is -3.71. The maximum absolute atomic E-state index is 12.7. The summed E-state index contributed by atoms with van der Waals surface area (Å²) in [5, 5.41) is 11.2. The zero-order chi connectivity index (χ0) is 21.2. The van der Waals surface area contributed by atoms with Gasteiger partial charge >= 0.3 is 0 Å². The highest BCUT2D eigenvalue weighted by Crippen LogP contribution is 2.18. The van der Waals surface area contributed by atoms with Crippen LogP contribution in [0, 0.1) is 6.92 Å². The summed E-state index contributed by atoms with van der Waals surface area (Å²) in [7, 11) is -3.71. The molecule has 0 radical (unpaired) electrons. The Balaban J connectivity index is 1.83. The minimum absolute atomic E-state index is 0.0647. The van der Waals surface area contributed by atoms with Crippen molar-refractivity contribution < 1.29 is 13.2 Å². The molecule has 152 valence electrons. The van der Waals surface area contributed by atoms with Crippen molar-refractivity contribution in [3.8, 4) is 5.69 Å². The van der Waals surface area contributed by atoms with E-state index in [4.69, 9.17) is 0 Å². The molecule has 0 unspecified atom stereocenters. The Kier molecular flexibility index (Phi) is 5.54. The number of aromatic nitrogens is 3. The molecule has 3 aromatic rings. The third kappa shape index (κ3) is 5.07. The average molecular weight is 414 g/mol. The summed E-state index contributed by atoms with van der Waals surface area (Å²) >= 11 is 0. The molecule has 8 nitrogen and oxygen atoms in total. The van der Waals surface area contributed by atoms with E-state index >= 15 is 0 Å². The number of carbonyl (C=O) groups is 1. The molecule has 0 saturated carbocycles. The van der Waals surface area contributed by atoms with Gasteiger partial charge in [0.05, 0.1) is 16.3 Å². The number of para-hydroxylation sites is 1. The maximum Gasteiger partial charge on any atom is 0.278 e. The molecule has 2 N–H and O–H groups in total. The van der Waals surface area contributed by atoms with E-state index in [1.165, 1.54) is 16.9 Å². The Morgan fingerprint density at radius 2 is 1.69 bits per heavy atom. The Morgan fingerprint density at radius 1 is 1.00 bits per heavy atom. The smallest absolute Gasteiger partial charge is 0.278 e. The average Bonchev–Trinajstić information content (AvgIpc) is 3.03. The molecule has 29 heavy (non-hydrogen) atoms. The second kappa shape index (κ2) is 7.76. The lowest BCUT2D eigenvalue weighted by atomic mass is 10.1. The number of carbonyl (C=O) groups excluding carboxylic acids is 1. The van der Waals surface area contributed by atoms with E-state index in [2.05, 4.69) is 20.2 Å². The van der Waals surface area contributed by atoms with E-state index in [1.54, 1.807) is 39.8 Å². The summed E-state index contributed by atoms with van der Waals surface area (Å²) in [6.07, 6.45) is 0. The first-order valence-corrected chi connectivity index (χ1v) is 10.5. The highest BCUT2D eigenvalue weighted by molar-refractivity contribution is 7.89. The largest absolute Gasteiger partial charge is 0.320 e. The van der Waals surface area contributed by atoms with Crippen LogP contribution in [0.25, 0.3) is 5.69 Å². The molecule has 0 fully saturated rings. The van der Waals surface area contributed by atoms with Gasteiger partial charge in [-0.1, -0.05) is 24.3 Å². The molecule has 0 atom stereocenters. The molecule has 0 spiro atoms. The predicted octanol–water partition coefficient (Wildman–Crippen LogP) is 2.90. The highest BCUT2D eigenvalue weighted by atomic mass is 32.2. The Hall–Kier alpha value is -3.04. The lowest BCUT2D eigenvalue weighted by Gasteiger charge is -2.20. The van der Waals surface area contributed by atoms with Gasteiger partial charge in [-0.2, -0.15) is 9.90 Å². The van der Waals surface area contributed by atoms with E-state index in [1.807, 2.05) is 30.3 Å². The van der Waals surface area contributed by atoms with Crippen LogP contribution in [0.2, 0.25) is 0 Å². The molecule has 2 aromatic carbocycles. The fraction of sp³-hybridized carbons (Fsp3) is 0.250. The number of amides is 1. The van der Waals surface area contributed by atoms with Crippen LogP contribution in [0.3, 0.4) is 0 Å². The molecule has 9 heteroatoms. The van der Waals surface area contributed by atoms with E-state index in [0.29, 0.717) is 11.4 Å². The number of anilines is 1. The van der Waals surface area contributed by atoms with Crippen LogP contribution in [0.4, 0.5) is 5.69 Å². The van der Waals surface area contributed by atoms with Crippen LogP contribution in [0.1, 0.15) is 37.0 Å². The second-order valence-electron chi connectivity index (χ2n) is 7.60. The number of hydrogen-bond donors (Lipinski definition) is 2. The lowest BCUT2D eigenvalue weighted by Crippen LogP contribution is -2.40. The summed E-state index contributed by atoms with van der Waals surface area (Å²) < 4.78 is 27.6. The number of nitrogens with zero attached hydrogens (tertiary/aromatic N) is 3. The summed E-state index contributed by atoms with van der Waals surface area (Å²) in [5.74, 6) is -0.469. The Labute approximate surface area is 170 Å². The van der Waals surface area contributed by atoms with Crippen LogP contribution in [-0.4, -0.2) is 34.9 Å². The first kappa shape index (κ1) is 20.7. The monoisotopic (exact) mass is 413 g/mol. The standard InChI is InChI=1S/C20H23N5O3S/c1-14-18(23-25(22-14)16-10-6-5-7-11-16)19(26)21-15-9-8-12-17(13-15)29(27,28)24-20(2,3)4/h5-13,24H,1-4H3,(H,21,26). The fourth-order valence-electron chi connectivity index (χ4n) is 2.66. The van der Waals surface area contributed by atoms with Crippen LogP contribution < -0.4 is 10.0 Å². The lowest BCUT2D eigenvalue weighted by molar-refractivity contribution is 0.102. The number of sulfonamides is 1. The van der Waals surface area contributed by atoms with E-state index in [0.717, 1.165) is 5.69 Å². The van der Waals surface area contributed by atoms with Gasteiger partial charge < -0.3 is 5.32 Å². The van der Waals surface area contributed by atoms with Crippen molar-refractivity contribution in [3.05, 3.63) is 66.0 Å². The van der Waals surface area contributed by atoms with Crippen molar-refractivity contribution in [2.45, 2.75) is 38.1 Å². The van der Waals surface area contributed by atoms with E-state index < -0.39 is 21.5 Å². The fourth-order valence-corrected chi connectivity index (χ4v) is 4.12. The van der Waals surface area contributed by atoms with Crippen molar-refractivity contribution in [1.82, 2.24) is 19.7 Å². The first-order valence-electron chi connectivity index (χ1n) is 9.00. The number of rotatable bonds is 5. The zero-order valence-corrected chi connectivity index (χ0v) is 17.5. The molecule has 1 aromatic heterocycles. The van der Waals surface area contributed by atoms with Crippen LogP contribution in [0.5, 0.6) is 0 Å². The van der Waals surface area contributed by atoms with Crippen molar-refractivity contribution in [1.29, 1.82) is 0 Å². The molecule has 0 saturated heterocycles. The van der Waals surface area contributed by atoms with E-state index in [-0.39, 0.29) is 10.6 Å². The molecule has 0 bridgehead atoms. The zero-order valence-electron chi connectivity index (χ0n) is 16.7. The Morgan fingerprint density at radius 3 is 2.34 bits per heavy atom. The number of nitrogens with one attached hydrogen (secondary N) is 2. The van der Waals surface area contributed by atoms with Crippen molar-refractivity contribution in [3.63, 3.8) is 0 Å². The van der Waals surface area contributed by atoms with Crippen molar-refractivity contribution in [2.75, 3.05) is 5.32 Å². The van der Waals surface area contributed by atoms with Gasteiger partial charge in [-0.25, -0.2) is 13.1 Å². The summed E-state index contributed by atoms with van der Waals surface area (Å²) in [5.41, 5.74) is 1.08. The maximum atomic E-state index is 12.7. The van der Waals surface area contributed by atoms with Gasteiger partial charge in [0.15, 0.2) is 5.69 Å². The van der Waals surface area contributed by atoms with Crippen molar-refractivity contribution >= 4 is 21.6 Å². The second-order valence-corrected chi connectivity index (χ2v) is 9.28. The van der Waals surface area contributed by atoms with Gasteiger partial charge in [0, 0.05) is 11.2 Å². The summed E-state index contributed by atoms with van der Waals surface area (Å²) in [4.78, 5) is 14.1. The quantitative estimate of drug-likeness (QED) is 0.669. The molecule has 0 aliphatic rings. The molecular formula is C20H23N5O3S. The Bertz CT molecular complexity index is 1130. The van der Waals surface area contributed by atoms with Gasteiger partial charge in [-0.3, -0.25) is 4.79 Å². The predicted molar refractivity (Wildman–Crippen MR) is 111 cm³/mol. The van der Waals surface area contributed by atoms with Crippen LogP contribution in [-0.2, 0) is 10.0 Å². The number of hydrogen-bond acceptors (Lipinski definition) is 5. The molecule has 0 aliphatic carbocycles. The van der Waals surface area contributed by atoms with Gasteiger partial charge in [0.2, 0.25) is 10.0 Å². The normalized spacial score (nSPS) is 12.0. The SMILES string of the molecule is Cc1nn(-c2ccccc2)nc1C(=O)Nc1cccc(S(=O)(=O)NC(C)(C)C)c1. The summed E-state index contributed by atoms with van der Waals surface area (Å²) in [6, 6.07) is 15.3. The minimum Gasteiger partial charge on any atom is -0.320 e. The first-order chi connectivity index (χ1) is 13.5. The third-order valence-electron chi connectivity index (χ3n) is 3.83. The highest BCUT2D eigenvalue weighted by Gasteiger charge is 2.23. The molecule has 1 amide bonds. The molecular weight excluding hydrogens is 390 g/mol. The van der Waals surface area contributed by atoms with Gasteiger partial charge in [-0.05, 0) is 58.0 Å². The third-order valence-corrected chi connectivity index (χ3v) is 5.58. The van der Waals surface area contributed by atoms with E-state index in [9.17, 15) is 13.2 Å². The topological polar surface area (TPSA) is 106 Å². The van der Waals surface area contributed by atoms with Gasteiger partial charge in [0.25, 0.3) is 5.91 Å². The number of benzene rings is 2. The number of aryl methyl sites for hydroxylation is 1. The van der Waals surface area contributed by atoms with Crippen LogP contribution in [0.15, 0.2) is 59.5 Å². The molecule has 0 aliphatic heterocycles. The van der Waals surface area contributed by atoms with Crippen molar-refractivity contribution in [2.24, 2.45) is 0 Å². The van der Waals surface area contributed by atoms with Crippen LogP contribution >= 0.6 is 0 Å². The molecule has 3 rings (SSSR count).